The molecule has 0 radical (unpaired) electrons. The highest BCUT2D eigenvalue weighted by Crippen LogP contribution is 2.33. The van der Waals surface area contributed by atoms with Gasteiger partial charge in [-0.1, -0.05) is 11.6 Å². The molecule has 2 aromatic rings. The van der Waals surface area contributed by atoms with Crippen molar-refractivity contribution in [1.29, 1.82) is 0 Å². The van der Waals surface area contributed by atoms with Gasteiger partial charge in [0.15, 0.2) is 0 Å². The molecule has 0 aliphatic rings. The second-order valence-electron chi connectivity index (χ2n) is 3.41. The fourth-order valence-corrected chi connectivity index (χ4v) is 3.13. The van der Waals surface area contributed by atoms with Crippen molar-refractivity contribution in [2.75, 3.05) is 0 Å². The lowest BCUT2D eigenvalue weighted by Gasteiger charge is -2.01. The van der Waals surface area contributed by atoms with Crippen LogP contribution in [0.3, 0.4) is 0 Å². The maximum Gasteiger partial charge on any atom is 0.230 e. The van der Waals surface area contributed by atoms with Crippen molar-refractivity contribution in [1.82, 2.24) is 0 Å². The topological polar surface area (TPSA) is 17.1 Å². The van der Waals surface area contributed by atoms with E-state index in [1.54, 1.807) is 36.4 Å². The summed E-state index contributed by atoms with van der Waals surface area (Å²) in [4.78, 5) is 12.7. The highest BCUT2D eigenvalue weighted by molar-refractivity contribution is 8.82. The molecule has 0 aromatic heterocycles. The molecule has 0 aliphatic carbocycles. The van der Waals surface area contributed by atoms with Crippen LogP contribution in [-0.4, -0.2) is 5.12 Å². The molecule has 0 atom stereocenters. The summed E-state index contributed by atoms with van der Waals surface area (Å²) in [6.45, 7) is 0. The van der Waals surface area contributed by atoms with Crippen LogP contribution in [0.15, 0.2) is 53.4 Å². The zero-order valence-corrected chi connectivity index (χ0v) is 11.5. The van der Waals surface area contributed by atoms with E-state index in [0.717, 1.165) is 15.7 Å². The number of rotatable bonds is 3. The average molecular weight is 299 g/mol. The molecule has 2 aromatic carbocycles. The van der Waals surface area contributed by atoms with Gasteiger partial charge < -0.3 is 0 Å². The summed E-state index contributed by atoms with van der Waals surface area (Å²) in [7, 11) is 2.41. The third-order valence-corrected chi connectivity index (χ3v) is 4.58. The summed E-state index contributed by atoms with van der Waals surface area (Å²) >= 11 is 5.75. The number of carbonyl (C=O) groups is 1. The number of halogens is 2. The first-order valence-corrected chi connectivity index (χ1v) is 7.58. The first kappa shape index (κ1) is 13.5. The minimum atomic E-state index is -0.284. The number of carbonyl (C=O) groups excluding carboxylic acids is 1. The van der Waals surface area contributed by atoms with Crippen LogP contribution >= 0.6 is 33.2 Å². The maximum atomic E-state index is 12.7. The molecule has 2 rings (SSSR count). The monoisotopic (exact) mass is 298 g/mol. The lowest BCUT2D eigenvalue weighted by atomic mass is 10.2. The van der Waals surface area contributed by atoms with Crippen molar-refractivity contribution in [2.24, 2.45) is 0 Å². The standard InChI is InChI=1S/C13H8ClFOS2/c14-10-3-1-9(2-4-10)13(16)18-17-12-7-5-11(15)6-8-12/h1-8H. The smallest absolute Gasteiger partial charge is 0.230 e. The van der Waals surface area contributed by atoms with Crippen molar-refractivity contribution < 1.29 is 9.18 Å². The largest absolute Gasteiger partial charge is 0.281 e. The predicted molar refractivity (Wildman–Crippen MR) is 75.6 cm³/mol. The van der Waals surface area contributed by atoms with Gasteiger partial charge >= 0.3 is 0 Å². The third kappa shape index (κ3) is 3.77. The molecule has 0 saturated heterocycles. The van der Waals surface area contributed by atoms with Crippen molar-refractivity contribution in [3.63, 3.8) is 0 Å². The van der Waals surface area contributed by atoms with Crippen LogP contribution in [0.1, 0.15) is 10.4 Å². The van der Waals surface area contributed by atoms with Gasteiger partial charge in [-0.05, 0) is 70.1 Å². The Kier molecular flexibility index (Phi) is 4.69. The molecular formula is C13H8ClFOS2. The highest BCUT2D eigenvalue weighted by atomic mass is 35.5. The summed E-state index contributed by atoms with van der Waals surface area (Å²) in [6, 6.07) is 12.7. The molecule has 0 fully saturated rings. The fraction of sp³-hybridized carbons (Fsp3) is 0. The summed E-state index contributed by atoms with van der Waals surface area (Å²) in [5.41, 5.74) is 0.596. The van der Waals surface area contributed by atoms with Crippen LogP contribution < -0.4 is 0 Å². The predicted octanol–water partition coefficient (Wildman–Crippen LogP) is 5.06. The summed E-state index contributed by atoms with van der Waals surface area (Å²) in [5, 5.41) is 0.545. The molecule has 0 bridgehead atoms. The van der Waals surface area contributed by atoms with Crippen LogP contribution in [0.2, 0.25) is 5.02 Å². The summed E-state index contributed by atoms with van der Waals surface area (Å²) in [5.74, 6) is -0.284. The molecular weight excluding hydrogens is 291 g/mol. The van der Waals surface area contributed by atoms with Crippen LogP contribution in [-0.2, 0) is 0 Å². The maximum absolute atomic E-state index is 12.7. The molecule has 1 nitrogen and oxygen atoms in total. The van der Waals surface area contributed by atoms with E-state index < -0.39 is 0 Å². The Morgan fingerprint density at radius 1 is 1.00 bits per heavy atom. The molecule has 0 aliphatic heterocycles. The fourth-order valence-electron chi connectivity index (χ4n) is 1.21. The molecule has 5 heteroatoms. The third-order valence-electron chi connectivity index (χ3n) is 2.11. The van der Waals surface area contributed by atoms with E-state index in [-0.39, 0.29) is 10.9 Å². The Balaban J connectivity index is 1.96. The van der Waals surface area contributed by atoms with Crippen LogP contribution in [0.5, 0.6) is 0 Å². The zero-order chi connectivity index (χ0) is 13.0. The Hall–Kier alpha value is -0.970. The van der Waals surface area contributed by atoms with Gasteiger partial charge in [0.25, 0.3) is 0 Å². The molecule has 92 valence electrons. The van der Waals surface area contributed by atoms with Gasteiger partial charge in [-0.2, -0.15) is 0 Å². The van der Waals surface area contributed by atoms with E-state index in [1.165, 1.54) is 22.9 Å². The minimum Gasteiger partial charge on any atom is -0.281 e. The lowest BCUT2D eigenvalue weighted by Crippen LogP contribution is -1.90. The molecule has 0 saturated carbocycles. The Morgan fingerprint density at radius 2 is 1.61 bits per heavy atom. The molecule has 0 spiro atoms. The van der Waals surface area contributed by atoms with Crippen LogP contribution in [0.4, 0.5) is 4.39 Å². The van der Waals surface area contributed by atoms with E-state index in [9.17, 15) is 9.18 Å². The molecule has 18 heavy (non-hydrogen) atoms. The second kappa shape index (κ2) is 6.27. The van der Waals surface area contributed by atoms with Crippen molar-refractivity contribution >= 4 is 38.3 Å². The van der Waals surface area contributed by atoms with Crippen molar-refractivity contribution in [3.8, 4) is 0 Å². The Labute approximate surface area is 117 Å². The average Bonchev–Trinajstić information content (AvgIpc) is 2.38. The second-order valence-corrected chi connectivity index (χ2v) is 6.03. The quantitative estimate of drug-likeness (QED) is 0.737. The van der Waals surface area contributed by atoms with Gasteiger partial charge in [0.1, 0.15) is 5.82 Å². The van der Waals surface area contributed by atoms with Gasteiger partial charge in [-0.3, -0.25) is 4.79 Å². The number of hydrogen-bond donors (Lipinski definition) is 0. The van der Waals surface area contributed by atoms with Gasteiger partial charge in [0.05, 0.1) is 0 Å². The van der Waals surface area contributed by atoms with E-state index in [1.807, 2.05) is 0 Å². The first-order valence-electron chi connectivity index (χ1n) is 5.05. The van der Waals surface area contributed by atoms with Gasteiger partial charge in [0, 0.05) is 15.5 Å². The van der Waals surface area contributed by atoms with Gasteiger partial charge in [-0.25, -0.2) is 4.39 Å². The van der Waals surface area contributed by atoms with E-state index >= 15 is 0 Å². The SMILES string of the molecule is O=C(SSc1ccc(F)cc1)c1ccc(Cl)cc1. The van der Waals surface area contributed by atoms with E-state index in [4.69, 9.17) is 11.6 Å². The molecule has 0 amide bonds. The van der Waals surface area contributed by atoms with Crippen LogP contribution in [0, 0.1) is 5.82 Å². The van der Waals surface area contributed by atoms with Crippen LogP contribution in [0.25, 0.3) is 0 Å². The van der Waals surface area contributed by atoms with Gasteiger partial charge in [-0.15, -0.1) is 0 Å². The van der Waals surface area contributed by atoms with Crippen molar-refractivity contribution in [3.05, 3.63) is 64.9 Å². The molecule has 0 heterocycles. The Bertz CT molecular complexity index is 540. The first-order chi connectivity index (χ1) is 8.65. The number of hydrogen-bond acceptors (Lipinski definition) is 3. The van der Waals surface area contributed by atoms with Gasteiger partial charge in [0.2, 0.25) is 5.12 Å². The highest BCUT2D eigenvalue weighted by Gasteiger charge is 2.07. The lowest BCUT2D eigenvalue weighted by molar-refractivity contribution is 0.109. The minimum absolute atomic E-state index is 0.0546. The molecule has 0 unspecified atom stereocenters. The number of benzene rings is 2. The van der Waals surface area contributed by atoms with Crippen molar-refractivity contribution in [2.45, 2.75) is 4.90 Å². The summed E-state index contributed by atoms with van der Waals surface area (Å²) in [6.07, 6.45) is 0. The Morgan fingerprint density at radius 3 is 2.22 bits per heavy atom. The zero-order valence-electron chi connectivity index (χ0n) is 9.10. The van der Waals surface area contributed by atoms with E-state index in [0.29, 0.717) is 10.6 Å². The normalized spacial score (nSPS) is 10.3. The van der Waals surface area contributed by atoms with E-state index in [2.05, 4.69) is 0 Å². The molecule has 0 N–H and O–H groups in total. The summed E-state index contributed by atoms with van der Waals surface area (Å²) < 4.78 is 12.7.